The highest BCUT2D eigenvalue weighted by molar-refractivity contribution is 5.76. The maximum atomic E-state index is 12.3. The van der Waals surface area contributed by atoms with Crippen LogP contribution in [0.4, 0.5) is 0 Å². The van der Waals surface area contributed by atoms with Crippen molar-refractivity contribution in [3.8, 4) is 0 Å². The van der Waals surface area contributed by atoms with Crippen LogP contribution in [-0.4, -0.2) is 66.3 Å². The molecule has 0 aliphatic carbocycles. The van der Waals surface area contributed by atoms with E-state index in [0.29, 0.717) is 13.2 Å². The predicted molar refractivity (Wildman–Crippen MR) is 90.1 cm³/mol. The van der Waals surface area contributed by atoms with Gasteiger partial charge in [-0.1, -0.05) is 30.3 Å². The van der Waals surface area contributed by atoms with Crippen LogP contribution in [0.3, 0.4) is 0 Å². The van der Waals surface area contributed by atoms with E-state index in [0.717, 1.165) is 6.54 Å². The molecule has 1 N–H and O–H groups in total. The van der Waals surface area contributed by atoms with Gasteiger partial charge in [-0.2, -0.15) is 0 Å². The van der Waals surface area contributed by atoms with E-state index in [1.165, 1.54) is 5.56 Å². The summed E-state index contributed by atoms with van der Waals surface area (Å²) in [5, 5.41) is 9.83. The molecule has 2 rings (SSSR count). The third kappa shape index (κ3) is 5.03. The van der Waals surface area contributed by atoms with Crippen molar-refractivity contribution in [2.24, 2.45) is 0 Å². The first kappa shape index (κ1) is 17.9. The predicted octanol–water partition coefficient (Wildman–Crippen LogP) is 1.68. The van der Waals surface area contributed by atoms with Crippen LogP contribution in [0.15, 0.2) is 30.3 Å². The Labute approximate surface area is 138 Å². The van der Waals surface area contributed by atoms with Crippen molar-refractivity contribution >= 4 is 5.91 Å². The van der Waals surface area contributed by atoms with Gasteiger partial charge in [0.15, 0.2) is 0 Å². The second-order valence-corrected chi connectivity index (χ2v) is 7.01. The number of rotatable bonds is 5. The van der Waals surface area contributed by atoms with E-state index in [1.54, 1.807) is 25.8 Å². The number of morpholine rings is 1. The molecule has 1 saturated heterocycles. The van der Waals surface area contributed by atoms with Crippen LogP contribution < -0.4 is 0 Å². The van der Waals surface area contributed by atoms with Crippen LogP contribution in [0.2, 0.25) is 0 Å². The Morgan fingerprint density at radius 1 is 1.39 bits per heavy atom. The summed E-state index contributed by atoms with van der Waals surface area (Å²) in [5.74, 6) is -0.0684. The van der Waals surface area contributed by atoms with Gasteiger partial charge in [0, 0.05) is 20.1 Å². The molecule has 5 heteroatoms. The van der Waals surface area contributed by atoms with Crippen molar-refractivity contribution in [1.29, 1.82) is 0 Å². The second-order valence-electron chi connectivity index (χ2n) is 7.01. The van der Waals surface area contributed by atoms with E-state index in [9.17, 15) is 9.90 Å². The molecule has 0 bridgehead atoms. The van der Waals surface area contributed by atoms with Gasteiger partial charge in [-0.25, -0.2) is 0 Å². The summed E-state index contributed by atoms with van der Waals surface area (Å²) in [6, 6.07) is 10.4. The Morgan fingerprint density at radius 2 is 2.04 bits per heavy atom. The third-order valence-corrected chi connectivity index (χ3v) is 4.21. The number of carbonyl (C=O) groups is 1. The molecule has 1 heterocycles. The third-order valence-electron chi connectivity index (χ3n) is 4.21. The quantitative estimate of drug-likeness (QED) is 0.897. The number of amides is 1. The summed E-state index contributed by atoms with van der Waals surface area (Å²) in [7, 11) is 3.86. The minimum absolute atomic E-state index is 0.0684. The highest BCUT2D eigenvalue weighted by Crippen LogP contribution is 2.28. The normalized spacial score (nSPS) is 22.8. The lowest BCUT2D eigenvalue weighted by Crippen LogP contribution is -2.49. The van der Waals surface area contributed by atoms with Crippen LogP contribution in [0.1, 0.15) is 31.9 Å². The summed E-state index contributed by atoms with van der Waals surface area (Å²) in [5.41, 5.74) is 0.206. The highest BCUT2D eigenvalue weighted by Gasteiger charge is 2.33. The number of carbonyl (C=O) groups excluding carboxylic acids is 1. The lowest BCUT2D eigenvalue weighted by atomic mass is 9.97. The van der Waals surface area contributed by atoms with Gasteiger partial charge >= 0.3 is 0 Å². The largest absolute Gasteiger partial charge is 0.390 e. The maximum absolute atomic E-state index is 12.3. The zero-order chi connectivity index (χ0) is 17.0. The molecule has 23 heavy (non-hydrogen) atoms. The van der Waals surface area contributed by atoms with Gasteiger partial charge in [0.2, 0.25) is 5.91 Å². The molecule has 0 saturated carbocycles. The number of benzene rings is 1. The summed E-state index contributed by atoms with van der Waals surface area (Å²) < 4.78 is 5.97. The monoisotopic (exact) mass is 320 g/mol. The molecule has 5 nitrogen and oxygen atoms in total. The van der Waals surface area contributed by atoms with Crippen LogP contribution in [-0.2, 0) is 9.53 Å². The van der Waals surface area contributed by atoms with Gasteiger partial charge in [0.25, 0.3) is 0 Å². The molecule has 1 amide bonds. The second kappa shape index (κ2) is 7.43. The Balaban J connectivity index is 2.08. The summed E-state index contributed by atoms with van der Waals surface area (Å²) in [4.78, 5) is 16.2. The van der Waals surface area contributed by atoms with Gasteiger partial charge in [0.1, 0.15) is 0 Å². The Kier molecular flexibility index (Phi) is 5.79. The molecule has 1 aromatic carbocycles. The Bertz CT molecular complexity index is 513. The molecule has 0 spiro atoms. The summed E-state index contributed by atoms with van der Waals surface area (Å²) >= 11 is 0. The number of ether oxygens (including phenoxy) is 1. The minimum atomic E-state index is -0.992. The van der Waals surface area contributed by atoms with Gasteiger partial charge in [-0.3, -0.25) is 9.69 Å². The molecule has 2 atom stereocenters. The van der Waals surface area contributed by atoms with Gasteiger partial charge in [0.05, 0.1) is 30.8 Å². The van der Waals surface area contributed by atoms with Crippen molar-refractivity contribution in [3.05, 3.63) is 35.9 Å². The maximum Gasteiger partial charge on any atom is 0.225 e. The number of aliphatic hydroxyl groups is 1. The highest BCUT2D eigenvalue weighted by atomic mass is 16.5. The van der Waals surface area contributed by atoms with Crippen LogP contribution in [0.5, 0.6) is 0 Å². The van der Waals surface area contributed by atoms with Crippen molar-refractivity contribution in [2.45, 2.75) is 38.0 Å². The standard InChI is InChI=1S/C18H28N2O3/c1-18(2,22)12-16(21)20(4)13-15-17(19(3)10-11-23-15)14-8-6-5-7-9-14/h5-9,15,17,22H,10-13H2,1-4H3/t15-,17-/m0/s1. The van der Waals surface area contributed by atoms with E-state index in [-0.39, 0.29) is 24.5 Å². The molecule has 1 aliphatic rings. The molecule has 1 fully saturated rings. The molecule has 128 valence electrons. The fourth-order valence-electron chi connectivity index (χ4n) is 3.01. The van der Waals surface area contributed by atoms with Crippen LogP contribution in [0.25, 0.3) is 0 Å². The molecule has 1 aliphatic heterocycles. The van der Waals surface area contributed by atoms with Crippen molar-refractivity contribution in [3.63, 3.8) is 0 Å². The molecule has 0 radical (unpaired) electrons. The summed E-state index contributed by atoms with van der Waals surface area (Å²) in [6.07, 6.45) is 0.0362. The molecular formula is C18H28N2O3. The summed E-state index contributed by atoms with van der Waals surface area (Å²) in [6.45, 7) is 5.35. The van der Waals surface area contributed by atoms with Gasteiger partial charge in [-0.15, -0.1) is 0 Å². The molecule has 1 aromatic rings. The molecular weight excluding hydrogens is 292 g/mol. The van der Waals surface area contributed by atoms with E-state index in [2.05, 4.69) is 24.1 Å². The smallest absolute Gasteiger partial charge is 0.225 e. The lowest BCUT2D eigenvalue weighted by Gasteiger charge is -2.41. The topological polar surface area (TPSA) is 53.0 Å². The zero-order valence-corrected chi connectivity index (χ0v) is 14.5. The zero-order valence-electron chi connectivity index (χ0n) is 14.5. The van der Waals surface area contributed by atoms with Gasteiger partial charge < -0.3 is 14.7 Å². The first-order chi connectivity index (χ1) is 10.8. The Morgan fingerprint density at radius 3 is 2.65 bits per heavy atom. The van der Waals surface area contributed by atoms with E-state index < -0.39 is 5.60 Å². The minimum Gasteiger partial charge on any atom is -0.390 e. The number of nitrogens with zero attached hydrogens (tertiary/aromatic N) is 2. The number of hydrogen-bond donors (Lipinski definition) is 1. The molecule has 0 aromatic heterocycles. The van der Waals surface area contributed by atoms with Crippen LogP contribution >= 0.6 is 0 Å². The fourth-order valence-corrected chi connectivity index (χ4v) is 3.01. The van der Waals surface area contributed by atoms with E-state index in [4.69, 9.17) is 4.74 Å². The average Bonchev–Trinajstić information content (AvgIpc) is 2.46. The van der Waals surface area contributed by atoms with Crippen molar-refractivity contribution in [1.82, 2.24) is 9.80 Å². The Hall–Kier alpha value is -1.43. The van der Waals surface area contributed by atoms with Crippen molar-refractivity contribution < 1.29 is 14.6 Å². The van der Waals surface area contributed by atoms with E-state index in [1.807, 2.05) is 18.2 Å². The molecule has 0 unspecified atom stereocenters. The van der Waals surface area contributed by atoms with Crippen molar-refractivity contribution in [2.75, 3.05) is 33.8 Å². The van der Waals surface area contributed by atoms with Crippen LogP contribution in [0, 0.1) is 0 Å². The lowest BCUT2D eigenvalue weighted by molar-refractivity contribution is -0.138. The van der Waals surface area contributed by atoms with Gasteiger partial charge in [-0.05, 0) is 26.5 Å². The SMILES string of the molecule is CN(C[C@@H]1OCCN(C)[C@H]1c1ccccc1)C(=O)CC(C)(C)O. The number of likely N-dealkylation sites (N-methyl/N-ethyl adjacent to an activating group) is 2. The van der Waals surface area contributed by atoms with E-state index >= 15 is 0 Å². The average molecular weight is 320 g/mol. The first-order valence-corrected chi connectivity index (χ1v) is 8.11. The number of hydrogen-bond acceptors (Lipinski definition) is 4. The fraction of sp³-hybridized carbons (Fsp3) is 0.611. The first-order valence-electron chi connectivity index (χ1n) is 8.11.